The highest BCUT2D eigenvalue weighted by molar-refractivity contribution is 5.93. The maximum absolute atomic E-state index is 11.8. The van der Waals surface area contributed by atoms with E-state index in [1.807, 2.05) is 0 Å². The summed E-state index contributed by atoms with van der Waals surface area (Å²) in [6, 6.07) is 0. The van der Waals surface area contributed by atoms with Gasteiger partial charge in [-0.05, 0) is 36.0 Å². The molecule has 4 atom stereocenters. The first kappa shape index (κ1) is 13.1. The van der Waals surface area contributed by atoms with Gasteiger partial charge in [-0.3, -0.25) is 0 Å². The summed E-state index contributed by atoms with van der Waals surface area (Å²) in [5.41, 5.74) is 0.845. The maximum Gasteiger partial charge on any atom is 0.339 e. The van der Waals surface area contributed by atoms with Crippen molar-refractivity contribution in [2.45, 2.75) is 58.8 Å². The van der Waals surface area contributed by atoms with Gasteiger partial charge in [-0.2, -0.15) is 0 Å². The van der Waals surface area contributed by atoms with Gasteiger partial charge in [0.15, 0.2) is 0 Å². The van der Waals surface area contributed by atoms with Crippen LogP contribution >= 0.6 is 0 Å². The van der Waals surface area contributed by atoms with Crippen LogP contribution in [0.1, 0.15) is 46.5 Å². The van der Waals surface area contributed by atoms with E-state index in [4.69, 9.17) is 4.74 Å². The lowest BCUT2D eigenvalue weighted by atomic mass is 9.50. The summed E-state index contributed by atoms with van der Waals surface area (Å²) in [6.45, 7) is 6.56. The number of esters is 1. The normalized spacial score (nSPS) is 44.7. The van der Waals surface area contributed by atoms with Gasteiger partial charge in [0.1, 0.15) is 0 Å². The lowest BCUT2D eigenvalue weighted by molar-refractivity contribution is -0.153. The van der Waals surface area contributed by atoms with Crippen LogP contribution in [-0.4, -0.2) is 28.6 Å². The molecular formula is C15H22O4. The Bertz CT molecular complexity index is 465. The van der Waals surface area contributed by atoms with Crippen LogP contribution in [0.4, 0.5) is 0 Å². The topological polar surface area (TPSA) is 66.8 Å². The van der Waals surface area contributed by atoms with E-state index in [9.17, 15) is 15.0 Å². The molecule has 106 valence electrons. The summed E-state index contributed by atoms with van der Waals surface area (Å²) >= 11 is 0. The molecule has 1 heterocycles. The number of carbonyl (C=O) groups is 1. The van der Waals surface area contributed by atoms with Crippen molar-refractivity contribution in [1.29, 1.82) is 0 Å². The van der Waals surface area contributed by atoms with Gasteiger partial charge in [-0.25, -0.2) is 4.79 Å². The Morgan fingerprint density at radius 3 is 2.58 bits per heavy atom. The molecule has 2 aliphatic carbocycles. The van der Waals surface area contributed by atoms with Crippen LogP contribution in [0.25, 0.3) is 0 Å². The molecule has 4 heteroatoms. The second kappa shape index (κ2) is 3.83. The van der Waals surface area contributed by atoms with Gasteiger partial charge < -0.3 is 14.9 Å². The Morgan fingerprint density at radius 1 is 1.21 bits per heavy atom. The Labute approximate surface area is 113 Å². The molecule has 0 radical (unpaired) electrons. The number of ether oxygens (including phenoxy) is 1. The summed E-state index contributed by atoms with van der Waals surface area (Å²) < 4.78 is 4.94. The van der Waals surface area contributed by atoms with Crippen LogP contribution in [0.5, 0.6) is 0 Å². The van der Waals surface area contributed by atoms with E-state index < -0.39 is 18.4 Å². The van der Waals surface area contributed by atoms with Crippen molar-refractivity contribution in [3.63, 3.8) is 0 Å². The largest absolute Gasteiger partial charge is 0.428 e. The third kappa shape index (κ3) is 1.62. The predicted molar refractivity (Wildman–Crippen MR) is 69.0 cm³/mol. The molecule has 3 aliphatic rings. The molecule has 3 rings (SSSR count). The Hall–Kier alpha value is -0.870. The third-order valence-electron chi connectivity index (χ3n) is 5.61. The monoisotopic (exact) mass is 266 g/mol. The van der Waals surface area contributed by atoms with E-state index in [-0.39, 0.29) is 16.7 Å². The zero-order valence-electron chi connectivity index (χ0n) is 11.8. The summed E-state index contributed by atoms with van der Waals surface area (Å²) in [7, 11) is 0. The smallest absolute Gasteiger partial charge is 0.339 e. The lowest BCUT2D eigenvalue weighted by Crippen LogP contribution is -2.49. The number of aliphatic hydroxyl groups excluding tert-OH is 2. The Morgan fingerprint density at radius 2 is 1.89 bits per heavy atom. The lowest BCUT2D eigenvalue weighted by Gasteiger charge is -2.54. The number of carbonyl (C=O) groups excluding carboxylic acids is 1. The van der Waals surface area contributed by atoms with Gasteiger partial charge >= 0.3 is 5.97 Å². The summed E-state index contributed by atoms with van der Waals surface area (Å²) in [6.07, 6.45) is 1.76. The van der Waals surface area contributed by atoms with Crippen molar-refractivity contribution >= 4 is 5.97 Å². The zero-order chi connectivity index (χ0) is 14.0. The van der Waals surface area contributed by atoms with E-state index in [0.717, 1.165) is 19.3 Å². The van der Waals surface area contributed by atoms with Crippen molar-refractivity contribution < 1.29 is 19.7 Å². The van der Waals surface area contributed by atoms with Crippen molar-refractivity contribution in [2.24, 2.45) is 16.7 Å². The van der Waals surface area contributed by atoms with Crippen molar-refractivity contribution in [1.82, 2.24) is 0 Å². The van der Waals surface area contributed by atoms with Gasteiger partial charge in [-0.15, -0.1) is 0 Å². The minimum atomic E-state index is -1.17. The minimum absolute atomic E-state index is 0.109. The van der Waals surface area contributed by atoms with Crippen molar-refractivity contribution in [2.75, 3.05) is 0 Å². The van der Waals surface area contributed by atoms with Crippen LogP contribution in [0.2, 0.25) is 0 Å². The fourth-order valence-electron chi connectivity index (χ4n) is 4.74. The van der Waals surface area contributed by atoms with E-state index in [2.05, 4.69) is 20.8 Å². The van der Waals surface area contributed by atoms with Crippen LogP contribution in [0.3, 0.4) is 0 Å². The second-order valence-corrected chi connectivity index (χ2v) is 7.15. The molecular weight excluding hydrogens is 244 g/mol. The highest BCUT2D eigenvalue weighted by Gasteiger charge is 2.58. The fraction of sp³-hybridized carbons (Fsp3) is 0.800. The number of cyclic esters (lactones) is 1. The van der Waals surface area contributed by atoms with Crippen LogP contribution in [0, 0.1) is 16.7 Å². The molecule has 0 saturated heterocycles. The molecule has 0 aromatic carbocycles. The van der Waals surface area contributed by atoms with E-state index in [1.54, 1.807) is 0 Å². The van der Waals surface area contributed by atoms with Gasteiger partial charge in [0, 0.05) is 5.57 Å². The summed E-state index contributed by atoms with van der Waals surface area (Å²) in [4.78, 5) is 11.8. The Kier molecular flexibility index (Phi) is 2.64. The van der Waals surface area contributed by atoms with Crippen LogP contribution in [0.15, 0.2) is 11.1 Å². The quantitative estimate of drug-likeness (QED) is 0.656. The van der Waals surface area contributed by atoms with E-state index >= 15 is 0 Å². The molecule has 0 aromatic heterocycles. The summed E-state index contributed by atoms with van der Waals surface area (Å²) in [5.74, 6) is -0.273. The number of hydrogen-bond acceptors (Lipinski definition) is 4. The standard InChI is InChI=1S/C15H22O4/c1-14(2)5-4-6-15(3)9(14)7-8(16)10-11(15)13(18)19-12(10)17/h8-9,13,16,18H,4-7H2,1-3H3/t8-,9+,13+,15+/m0/s1. The molecule has 19 heavy (non-hydrogen) atoms. The molecule has 1 fully saturated rings. The zero-order valence-corrected chi connectivity index (χ0v) is 11.8. The molecule has 0 spiro atoms. The van der Waals surface area contributed by atoms with Gasteiger partial charge in [0.05, 0.1) is 11.7 Å². The molecule has 0 bridgehead atoms. The van der Waals surface area contributed by atoms with Crippen molar-refractivity contribution in [3.8, 4) is 0 Å². The van der Waals surface area contributed by atoms with Crippen LogP contribution in [-0.2, 0) is 9.53 Å². The average Bonchev–Trinajstić information content (AvgIpc) is 2.59. The SMILES string of the molecule is CC1(C)CCC[C@@]2(C)C3=C(C(=O)O[C@H]3O)[C@@H](O)C[C@H]12. The first-order chi connectivity index (χ1) is 8.77. The maximum atomic E-state index is 11.8. The highest BCUT2D eigenvalue weighted by Crippen LogP contribution is 2.61. The van der Waals surface area contributed by atoms with Crippen molar-refractivity contribution in [3.05, 3.63) is 11.1 Å². The highest BCUT2D eigenvalue weighted by atomic mass is 16.6. The van der Waals surface area contributed by atoms with E-state index in [1.165, 1.54) is 0 Å². The third-order valence-corrected chi connectivity index (χ3v) is 5.61. The number of hydrogen-bond donors (Lipinski definition) is 2. The molecule has 4 nitrogen and oxygen atoms in total. The molecule has 0 unspecified atom stereocenters. The molecule has 0 aromatic rings. The summed E-state index contributed by atoms with van der Waals surface area (Å²) in [5, 5.41) is 20.4. The first-order valence-corrected chi connectivity index (χ1v) is 7.09. The predicted octanol–water partition coefficient (Wildman–Crippen LogP) is 1.76. The molecule has 2 N–H and O–H groups in total. The minimum Gasteiger partial charge on any atom is -0.428 e. The number of aliphatic hydroxyl groups is 2. The molecule has 0 amide bonds. The number of rotatable bonds is 0. The Balaban J connectivity index is 2.15. The van der Waals surface area contributed by atoms with Gasteiger partial charge in [0.2, 0.25) is 6.29 Å². The average molecular weight is 266 g/mol. The first-order valence-electron chi connectivity index (χ1n) is 7.09. The fourth-order valence-corrected chi connectivity index (χ4v) is 4.74. The second-order valence-electron chi connectivity index (χ2n) is 7.15. The number of fused-ring (bicyclic) bond motifs is 2. The van der Waals surface area contributed by atoms with Gasteiger partial charge in [0.25, 0.3) is 0 Å². The van der Waals surface area contributed by atoms with Crippen LogP contribution < -0.4 is 0 Å². The molecule has 1 aliphatic heterocycles. The molecule has 1 saturated carbocycles. The van der Waals surface area contributed by atoms with E-state index in [0.29, 0.717) is 17.6 Å². The van der Waals surface area contributed by atoms with Gasteiger partial charge in [-0.1, -0.05) is 27.2 Å².